The number of para-hydroxylation sites is 1. The number of benzene rings is 1. The van der Waals surface area contributed by atoms with Gasteiger partial charge in [0.25, 0.3) is 0 Å². The molecule has 0 bridgehead atoms. The number of ether oxygens (including phenoxy) is 1. The van der Waals surface area contributed by atoms with Crippen LogP contribution in [0, 0.1) is 11.8 Å². The van der Waals surface area contributed by atoms with E-state index in [1.807, 2.05) is 11.4 Å². The van der Waals surface area contributed by atoms with Gasteiger partial charge >= 0.3 is 0 Å². The Bertz CT molecular complexity index is 621. The fourth-order valence-electron chi connectivity index (χ4n) is 1.51. The molecule has 0 saturated heterocycles. The van der Waals surface area contributed by atoms with Crippen molar-refractivity contribution in [2.75, 3.05) is 6.61 Å². The summed E-state index contributed by atoms with van der Waals surface area (Å²) in [6, 6.07) is 7.21. The van der Waals surface area contributed by atoms with Crippen molar-refractivity contribution in [2.45, 2.75) is 13.0 Å². The predicted octanol–water partition coefficient (Wildman–Crippen LogP) is 4.37. The summed E-state index contributed by atoms with van der Waals surface area (Å²) in [5.74, 6) is 6.36. The van der Waals surface area contributed by atoms with Crippen LogP contribution < -0.4 is 4.74 Å². The minimum Gasteiger partial charge on any atom is -0.485 e. The minimum atomic E-state index is 0.0815. The van der Waals surface area contributed by atoms with Crippen molar-refractivity contribution in [3.8, 4) is 17.6 Å². The van der Waals surface area contributed by atoms with Crippen molar-refractivity contribution < 1.29 is 9.84 Å². The molecule has 2 rings (SSSR count). The zero-order valence-corrected chi connectivity index (χ0v) is 12.9. The summed E-state index contributed by atoms with van der Waals surface area (Å²) >= 11 is 13.6. The molecule has 1 aromatic carbocycles. The van der Waals surface area contributed by atoms with E-state index in [0.717, 1.165) is 10.4 Å². The van der Waals surface area contributed by atoms with Gasteiger partial charge in [-0.3, -0.25) is 0 Å². The Morgan fingerprint density at radius 3 is 2.70 bits per heavy atom. The molecule has 0 aliphatic rings. The molecule has 0 saturated carbocycles. The quantitative estimate of drug-likeness (QED) is 0.845. The number of thiophene rings is 1. The van der Waals surface area contributed by atoms with E-state index in [-0.39, 0.29) is 6.61 Å². The van der Waals surface area contributed by atoms with Crippen molar-refractivity contribution in [1.82, 2.24) is 0 Å². The van der Waals surface area contributed by atoms with Crippen LogP contribution in [0.15, 0.2) is 29.6 Å². The van der Waals surface area contributed by atoms with Gasteiger partial charge in [0.1, 0.15) is 6.61 Å². The molecule has 1 heterocycles. The van der Waals surface area contributed by atoms with Gasteiger partial charge < -0.3 is 9.84 Å². The average Bonchev–Trinajstić information content (AvgIpc) is 2.86. The van der Waals surface area contributed by atoms with Gasteiger partial charge in [0.05, 0.1) is 16.7 Å². The highest BCUT2D eigenvalue weighted by Gasteiger charge is 2.07. The second-order valence-corrected chi connectivity index (χ2v) is 5.73. The first-order chi connectivity index (χ1) is 9.70. The maximum atomic E-state index is 8.67. The van der Waals surface area contributed by atoms with E-state index >= 15 is 0 Å². The second kappa shape index (κ2) is 7.56. The summed E-state index contributed by atoms with van der Waals surface area (Å²) in [6.07, 6.45) is 0.483. The standard InChI is InChI=1S/C15H12Cl2O2S/c16-13-5-3-6-14(17)15(13)19-9-12-8-11(10-20-12)4-1-2-7-18/h3,5-6,8,10,18H,2,7,9H2. The summed E-state index contributed by atoms with van der Waals surface area (Å²) < 4.78 is 5.65. The molecule has 0 spiro atoms. The third-order valence-electron chi connectivity index (χ3n) is 2.40. The molecule has 0 fully saturated rings. The summed E-state index contributed by atoms with van der Waals surface area (Å²) in [4.78, 5) is 1.04. The van der Waals surface area contributed by atoms with Crippen molar-refractivity contribution in [3.63, 3.8) is 0 Å². The van der Waals surface area contributed by atoms with Crippen molar-refractivity contribution >= 4 is 34.5 Å². The summed E-state index contributed by atoms with van der Waals surface area (Å²) in [5, 5.41) is 11.6. The van der Waals surface area contributed by atoms with E-state index in [9.17, 15) is 0 Å². The average molecular weight is 327 g/mol. The molecule has 0 aliphatic heterocycles. The van der Waals surface area contributed by atoms with Gasteiger partial charge in [0, 0.05) is 22.2 Å². The van der Waals surface area contributed by atoms with E-state index in [2.05, 4.69) is 11.8 Å². The van der Waals surface area contributed by atoms with Crippen LogP contribution in [0.1, 0.15) is 16.9 Å². The summed E-state index contributed by atoms with van der Waals surface area (Å²) in [7, 11) is 0. The molecule has 2 nitrogen and oxygen atoms in total. The third-order valence-corrected chi connectivity index (χ3v) is 3.91. The topological polar surface area (TPSA) is 29.5 Å². The van der Waals surface area contributed by atoms with E-state index < -0.39 is 0 Å². The predicted molar refractivity (Wildman–Crippen MR) is 83.7 cm³/mol. The lowest BCUT2D eigenvalue weighted by molar-refractivity contribution is 0.305. The molecular formula is C15H12Cl2O2S. The first kappa shape index (κ1) is 15.2. The lowest BCUT2D eigenvalue weighted by atomic mass is 10.3. The number of aliphatic hydroxyl groups excluding tert-OH is 1. The van der Waals surface area contributed by atoms with Gasteiger partial charge in [-0.2, -0.15) is 0 Å². The molecule has 2 aromatic rings. The number of hydrogen-bond acceptors (Lipinski definition) is 3. The lowest BCUT2D eigenvalue weighted by Crippen LogP contribution is -1.94. The van der Waals surface area contributed by atoms with Gasteiger partial charge in [0.2, 0.25) is 0 Å². The fourth-order valence-corrected chi connectivity index (χ4v) is 2.74. The Balaban J connectivity index is 2.00. The number of rotatable bonds is 4. The molecule has 1 N–H and O–H groups in total. The van der Waals surface area contributed by atoms with Crippen LogP contribution in [0.4, 0.5) is 0 Å². The fraction of sp³-hybridized carbons (Fsp3) is 0.200. The smallest absolute Gasteiger partial charge is 0.157 e. The van der Waals surface area contributed by atoms with Gasteiger partial charge in [-0.25, -0.2) is 0 Å². The SMILES string of the molecule is OCCC#Cc1csc(COc2c(Cl)cccc2Cl)c1. The van der Waals surface area contributed by atoms with E-state index in [1.54, 1.807) is 29.5 Å². The van der Waals surface area contributed by atoms with Gasteiger partial charge in [-0.1, -0.05) is 41.1 Å². The zero-order chi connectivity index (χ0) is 14.4. The first-order valence-corrected chi connectivity index (χ1v) is 7.58. The maximum Gasteiger partial charge on any atom is 0.157 e. The van der Waals surface area contributed by atoms with E-state index in [1.165, 1.54) is 0 Å². The lowest BCUT2D eigenvalue weighted by Gasteiger charge is -2.08. The Morgan fingerprint density at radius 2 is 2.00 bits per heavy atom. The molecular weight excluding hydrogens is 315 g/mol. The van der Waals surface area contributed by atoms with Gasteiger partial charge in [-0.15, -0.1) is 11.3 Å². The molecule has 0 amide bonds. The highest BCUT2D eigenvalue weighted by Crippen LogP contribution is 2.33. The van der Waals surface area contributed by atoms with Crippen LogP contribution in [0.25, 0.3) is 0 Å². The van der Waals surface area contributed by atoms with Crippen molar-refractivity contribution in [2.24, 2.45) is 0 Å². The van der Waals surface area contributed by atoms with Crippen LogP contribution in [-0.4, -0.2) is 11.7 Å². The number of halogens is 2. The molecule has 0 atom stereocenters. The van der Waals surface area contributed by atoms with E-state index in [0.29, 0.717) is 28.8 Å². The highest BCUT2D eigenvalue weighted by molar-refractivity contribution is 7.10. The number of hydrogen-bond donors (Lipinski definition) is 1. The maximum absolute atomic E-state index is 8.67. The summed E-state index contributed by atoms with van der Waals surface area (Å²) in [5.41, 5.74) is 0.923. The molecule has 20 heavy (non-hydrogen) atoms. The minimum absolute atomic E-state index is 0.0815. The molecule has 0 aliphatic carbocycles. The Morgan fingerprint density at radius 1 is 1.25 bits per heavy atom. The zero-order valence-electron chi connectivity index (χ0n) is 10.5. The Hall–Kier alpha value is -1.18. The Kier molecular flexibility index (Phi) is 5.75. The van der Waals surface area contributed by atoms with Crippen molar-refractivity contribution in [1.29, 1.82) is 0 Å². The van der Waals surface area contributed by atoms with Gasteiger partial charge in [0.15, 0.2) is 5.75 Å². The Labute approximate surface area is 131 Å². The van der Waals surface area contributed by atoms with Crippen LogP contribution in [0.2, 0.25) is 10.0 Å². The van der Waals surface area contributed by atoms with Crippen LogP contribution in [0.3, 0.4) is 0 Å². The largest absolute Gasteiger partial charge is 0.485 e. The van der Waals surface area contributed by atoms with Crippen molar-refractivity contribution in [3.05, 3.63) is 50.1 Å². The third kappa shape index (κ3) is 4.16. The van der Waals surface area contributed by atoms with Gasteiger partial charge in [-0.05, 0) is 18.2 Å². The molecule has 1 aromatic heterocycles. The molecule has 5 heteroatoms. The normalized spacial score (nSPS) is 9.95. The van der Waals surface area contributed by atoms with Crippen LogP contribution in [-0.2, 0) is 6.61 Å². The second-order valence-electron chi connectivity index (χ2n) is 3.92. The molecule has 0 radical (unpaired) electrons. The highest BCUT2D eigenvalue weighted by atomic mass is 35.5. The van der Waals surface area contributed by atoms with Crippen LogP contribution in [0.5, 0.6) is 5.75 Å². The monoisotopic (exact) mass is 326 g/mol. The molecule has 104 valence electrons. The molecule has 0 unspecified atom stereocenters. The number of aliphatic hydroxyl groups is 1. The van der Waals surface area contributed by atoms with E-state index in [4.69, 9.17) is 33.0 Å². The van der Waals surface area contributed by atoms with Crippen LogP contribution >= 0.6 is 34.5 Å². The first-order valence-electron chi connectivity index (χ1n) is 5.94. The summed E-state index contributed by atoms with van der Waals surface area (Å²) in [6.45, 7) is 0.480.